The summed E-state index contributed by atoms with van der Waals surface area (Å²) in [6.45, 7) is 2.13. The summed E-state index contributed by atoms with van der Waals surface area (Å²) in [6.07, 6.45) is 0.916. The molecule has 94 valence electrons. The van der Waals surface area contributed by atoms with Gasteiger partial charge < -0.3 is 0 Å². The van der Waals surface area contributed by atoms with E-state index in [0.717, 1.165) is 12.1 Å². The van der Waals surface area contributed by atoms with E-state index in [1.165, 1.54) is 21.7 Å². The molecule has 0 amide bonds. The van der Waals surface area contributed by atoms with E-state index < -0.39 is 0 Å². The number of benzene rings is 2. The highest BCUT2D eigenvalue weighted by Crippen LogP contribution is 2.23. The summed E-state index contributed by atoms with van der Waals surface area (Å²) >= 11 is 1.73. The molecule has 0 saturated carbocycles. The zero-order valence-electron chi connectivity index (χ0n) is 10.8. The first kappa shape index (κ1) is 12.1. The van der Waals surface area contributed by atoms with Crippen LogP contribution < -0.4 is 0 Å². The van der Waals surface area contributed by atoms with Gasteiger partial charge in [0.05, 0.1) is 10.7 Å². The predicted octanol–water partition coefficient (Wildman–Crippen LogP) is 4.71. The van der Waals surface area contributed by atoms with Gasteiger partial charge in [-0.3, -0.25) is 0 Å². The van der Waals surface area contributed by atoms with Crippen molar-refractivity contribution in [3.05, 3.63) is 76.1 Å². The van der Waals surface area contributed by atoms with E-state index in [2.05, 4.69) is 60.8 Å². The summed E-state index contributed by atoms with van der Waals surface area (Å²) in [5.74, 6) is 0. The fourth-order valence-electron chi connectivity index (χ4n) is 2.13. The molecule has 0 N–H and O–H groups in total. The van der Waals surface area contributed by atoms with Crippen LogP contribution in [0.25, 0.3) is 11.3 Å². The van der Waals surface area contributed by atoms with Crippen LogP contribution >= 0.6 is 11.3 Å². The second kappa shape index (κ2) is 5.37. The van der Waals surface area contributed by atoms with Crippen molar-refractivity contribution in [2.24, 2.45) is 0 Å². The Kier molecular flexibility index (Phi) is 3.43. The molecule has 3 aromatic rings. The third-order valence-electron chi connectivity index (χ3n) is 3.06. The maximum absolute atomic E-state index is 4.72. The van der Waals surface area contributed by atoms with Crippen LogP contribution in [0.5, 0.6) is 0 Å². The largest absolute Gasteiger partial charge is 0.241 e. The highest BCUT2D eigenvalue weighted by Gasteiger charge is 2.05. The van der Waals surface area contributed by atoms with Gasteiger partial charge in [-0.1, -0.05) is 60.2 Å². The van der Waals surface area contributed by atoms with E-state index >= 15 is 0 Å². The Morgan fingerprint density at radius 2 is 1.84 bits per heavy atom. The molecule has 0 radical (unpaired) electrons. The normalized spacial score (nSPS) is 10.6. The molecular weight excluding hydrogens is 250 g/mol. The average molecular weight is 265 g/mol. The monoisotopic (exact) mass is 265 g/mol. The van der Waals surface area contributed by atoms with Crippen molar-refractivity contribution in [2.45, 2.75) is 13.3 Å². The second-order valence-electron chi connectivity index (χ2n) is 4.66. The summed E-state index contributed by atoms with van der Waals surface area (Å²) in [7, 11) is 0. The number of thiazole rings is 1. The summed E-state index contributed by atoms with van der Waals surface area (Å²) in [6, 6.07) is 19.0. The fourth-order valence-corrected chi connectivity index (χ4v) is 2.97. The lowest BCUT2D eigenvalue weighted by Gasteiger charge is -1.99. The third-order valence-corrected chi connectivity index (χ3v) is 3.91. The van der Waals surface area contributed by atoms with E-state index in [9.17, 15) is 0 Å². The quantitative estimate of drug-likeness (QED) is 0.668. The van der Waals surface area contributed by atoms with Crippen molar-refractivity contribution in [3.63, 3.8) is 0 Å². The summed E-state index contributed by atoms with van der Waals surface area (Å²) in [5, 5.41) is 3.31. The number of hydrogen-bond acceptors (Lipinski definition) is 2. The van der Waals surface area contributed by atoms with Crippen LogP contribution in [-0.2, 0) is 6.42 Å². The Morgan fingerprint density at radius 3 is 2.63 bits per heavy atom. The SMILES string of the molecule is Cc1cccc(Cc2nc(-c3ccccc3)cs2)c1. The van der Waals surface area contributed by atoms with Crippen molar-refractivity contribution >= 4 is 11.3 Å². The molecule has 19 heavy (non-hydrogen) atoms. The van der Waals surface area contributed by atoms with Crippen LogP contribution in [0.2, 0.25) is 0 Å². The Bertz CT molecular complexity index is 670. The molecule has 0 atom stereocenters. The van der Waals surface area contributed by atoms with Gasteiger partial charge in [0.1, 0.15) is 0 Å². The lowest BCUT2D eigenvalue weighted by atomic mass is 10.1. The molecule has 0 aliphatic carbocycles. The number of aryl methyl sites for hydroxylation is 1. The van der Waals surface area contributed by atoms with E-state index in [4.69, 9.17) is 4.98 Å². The third kappa shape index (κ3) is 2.91. The first-order valence-electron chi connectivity index (χ1n) is 6.36. The van der Waals surface area contributed by atoms with Crippen molar-refractivity contribution in [1.29, 1.82) is 0 Å². The summed E-state index contributed by atoms with van der Waals surface area (Å²) < 4.78 is 0. The van der Waals surface area contributed by atoms with Crippen molar-refractivity contribution < 1.29 is 0 Å². The van der Waals surface area contributed by atoms with Crippen molar-refractivity contribution in [2.75, 3.05) is 0 Å². The van der Waals surface area contributed by atoms with Crippen LogP contribution in [-0.4, -0.2) is 4.98 Å². The van der Waals surface area contributed by atoms with Gasteiger partial charge in [-0.05, 0) is 12.5 Å². The Balaban J connectivity index is 1.82. The Morgan fingerprint density at radius 1 is 1.00 bits per heavy atom. The highest BCUT2D eigenvalue weighted by atomic mass is 32.1. The summed E-state index contributed by atoms with van der Waals surface area (Å²) in [4.78, 5) is 4.72. The fraction of sp³-hybridized carbons (Fsp3) is 0.118. The molecule has 3 rings (SSSR count). The first-order chi connectivity index (χ1) is 9.31. The zero-order chi connectivity index (χ0) is 13.1. The highest BCUT2D eigenvalue weighted by molar-refractivity contribution is 7.10. The van der Waals surface area contributed by atoms with Gasteiger partial charge in [0, 0.05) is 17.4 Å². The molecule has 0 fully saturated rings. The molecule has 0 spiro atoms. The van der Waals surface area contributed by atoms with Gasteiger partial charge in [0.15, 0.2) is 0 Å². The average Bonchev–Trinajstić information content (AvgIpc) is 2.88. The minimum atomic E-state index is 0.916. The molecule has 0 bridgehead atoms. The predicted molar refractivity (Wildman–Crippen MR) is 81.5 cm³/mol. The van der Waals surface area contributed by atoms with Crippen LogP contribution in [0.4, 0.5) is 0 Å². The molecule has 0 saturated heterocycles. The van der Waals surface area contributed by atoms with Crippen LogP contribution in [0.15, 0.2) is 60.0 Å². The standard InChI is InChI=1S/C17H15NS/c1-13-6-5-7-14(10-13)11-17-18-16(12-19-17)15-8-3-2-4-9-15/h2-10,12H,11H2,1H3. The summed E-state index contributed by atoms with van der Waals surface area (Å²) in [5.41, 5.74) is 4.90. The topological polar surface area (TPSA) is 12.9 Å². The van der Waals surface area contributed by atoms with Gasteiger partial charge in [-0.2, -0.15) is 0 Å². The van der Waals surface area contributed by atoms with Crippen LogP contribution in [0.1, 0.15) is 16.1 Å². The van der Waals surface area contributed by atoms with E-state index in [-0.39, 0.29) is 0 Å². The minimum absolute atomic E-state index is 0.916. The Hall–Kier alpha value is -1.93. The molecular formula is C17H15NS. The molecule has 1 aromatic heterocycles. The smallest absolute Gasteiger partial charge is 0.0976 e. The zero-order valence-corrected chi connectivity index (χ0v) is 11.7. The molecule has 0 unspecified atom stereocenters. The van der Waals surface area contributed by atoms with Crippen molar-refractivity contribution in [3.8, 4) is 11.3 Å². The van der Waals surface area contributed by atoms with Crippen LogP contribution in [0, 0.1) is 6.92 Å². The molecule has 0 aliphatic rings. The maximum atomic E-state index is 4.72. The van der Waals surface area contributed by atoms with Crippen LogP contribution in [0.3, 0.4) is 0 Å². The van der Waals surface area contributed by atoms with Gasteiger partial charge in [0.25, 0.3) is 0 Å². The van der Waals surface area contributed by atoms with Gasteiger partial charge in [0.2, 0.25) is 0 Å². The van der Waals surface area contributed by atoms with E-state index in [1.807, 2.05) is 6.07 Å². The molecule has 2 aromatic carbocycles. The second-order valence-corrected chi connectivity index (χ2v) is 5.60. The lowest BCUT2D eigenvalue weighted by molar-refractivity contribution is 1.13. The van der Waals surface area contributed by atoms with Gasteiger partial charge in [-0.25, -0.2) is 4.98 Å². The maximum Gasteiger partial charge on any atom is 0.0976 e. The van der Waals surface area contributed by atoms with Gasteiger partial charge >= 0.3 is 0 Å². The Labute approximate surface area is 117 Å². The van der Waals surface area contributed by atoms with Crippen molar-refractivity contribution in [1.82, 2.24) is 4.98 Å². The number of nitrogens with zero attached hydrogens (tertiary/aromatic N) is 1. The molecule has 1 nitrogen and oxygen atoms in total. The number of aromatic nitrogens is 1. The number of hydrogen-bond donors (Lipinski definition) is 0. The lowest BCUT2D eigenvalue weighted by Crippen LogP contribution is -1.88. The molecule has 1 heterocycles. The van der Waals surface area contributed by atoms with E-state index in [0.29, 0.717) is 0 Å². The van der Waals surface area contributed by atoms with E-state index in [1.54, 1.807) is 11.3 Å². The molecule has 2 heteroatoms. The molecule has 0 aliphatic heterocycles. The van der Waals surface area contributed by atoms with Gasteiger partial charge in [-0.15, -0.1) is 11.3 Å². The number of rotatable bonds is 3. The first-order valence-corrected chi connectivity index (χ1v) is 7.24. The minimum Gasteiger partial charge on any atom is -0.241 e.